The minimum absolute atomic E-state index is 0.0514. The van der Waals surface area contributed by atoms with Crippen LogP contribution in [0, 0.1) is 46.3 Å². The number of allylic oxidation sites excluding steroid dienone is 1. The molecule has 3 fully saturated rings. The number of hydrogen-bond acceptors (Lipinski definition) is 4. The van der Waals surface area contributed by atoms with Crippen molar-refractivity contribution in [3.63, 3.8) is 0 Å². The lowest BCUT2D eigenvalue weighted by molar-refractivity contribution is -0.0574. The molecule has 0 bridgehead atoms. The second kappa shape index (κ2) is 14.3. The molecule has 246 valence electrons. The average Bonchev–Trinajstić information content (AvgIpc) is 3.36. The van der Waals surface area contributed by atoms with E-state index in [9.17, 15) is 9.90 Å². The summed E-state index contributed by atoms with van der Waals surface area (Å²) in [5.74, 6) is 4.12. The maximum absolute atomic E-state index is 13.1. The highest BCUT2D eigenvalue weighted by Crippen LogP contribution is 2.67. The van der Waals surface area contributed by atoms with Crippen LogP contribution in [0.1, 0.15) is 148 Å². The first-order valence-electron chi connectivity index (χ1n) is 18.5. The summed E-state index contributed by atoms with van der Waals surface area (Å²) in [6, 6.07) is 7.28. The molecular weight excluding hydrogens is 542 g/mol. The summed E-state index contributed by atoms with van der Waals surface area (Å²) in [6.07, 6.45) is 21.5. The third-order valence-electron chi connectivity index (χ3n) is 13.6. The summed E-state index contributed by atoms with van der Waals surface area (Å²) in [5.41, 5.74) is 9.47. The van der Waals surface area contributed by atoms with Gasteiger partial charge in [0.2, 0.25) is 0 Å². The number of para-hydroxylation sites is 1. The SMILES string of the molecule is CCCCCCC(OC(=O)c1ccccc1N)C(C)CCC[C@@H](C)[C@H]1CC[C@H]2[C@@H]3CC=C4C[C@@H](O)CC[C@]4(C)[C@H]3CC[C@]12C. The number of carbonyl (C=O) groups excluding carboxylic acids is 1. The van der Waals surface area contributed by atoms with Gasteiger partial charge in [0.05, 0.1) is 11.7 Å². The van der Waals surface area contributed by atoms with Crippen molar-refractivity contribution in [2.45, 2.75) is 150 Å². The van der Waals surface area contributed by atoms with Crippen molar-refractivity contribution in [2.24, 2.45) is 46.3 Å². The topological polar surface area (TPSA) is 72.5 Å². The molecule has 0 aromatic heterocycles. The number of nitrogens with two attached hydrogens (primary N) is 1. The highest BCUT2D eigenvalue weighted by molar-refractivity contribution is 5.95. The predicted molar refractivity (Wildman–Crippen MR) is 182 cm³/mol. The first kappa shape index (κ1) is 33.6. The quantitative estimate of drug-likeness (QED) is 0.102. The molecule has 1 aromatic carbocycles. The number of benzene rings is 1. The van der Waals surface area contributed by atoms with Crippen molar-refractivity contribution < 1.29 is 14.6 Å². The van der Waals surface area contributed by atoms with Gasteiger partial charge in [-0.2, -0.15) is 0 Å². The zero-order chi connectivity index (χ0) is 31.5. The van der Waals surface area contributed by atoms with Gasteiger partial charge in [0.1, 0.15) is 6.10 Å². The van der Waals surface area contributed by atoms with Gasteiger partial charge >= 0.3 is 5.97 Å². The van der Waals surface area contributed by atoms with Crippen LogP contribution in [0.2, 0.25) is 0 Å². The van der Waals surface area contributed by atoms with Gasteiger partial charge in [-0.15, -0.1) is 0 Å². The van der Waals surface area contributed by atoms with Crippen LogP contribution in [-0.4, -0.2) is 23.3 Å². The van der Waals surface area contributed by atoms with Crippen molar-refractivity contribution in [1.82, 2.24) is 0 Å². The highest BCUT2D eigenvalue weighted by Gasteiger charge is 2.59. The Kier molecular flexibility index (Phi) is 10.9. The van der Waals surface area contributed by atoms with Crippen LogP contribution in [0.5, 0.6) is 0 Å². The summed E-state index contributed by atoms with van der Waals surface area (Å²) >= 11 is 0. The number of anilines is 1. The van der Waals surface area contributed by atoms with Gasteiger partial charge < -0.3 is 15.6 Å². The van der Waals surface area contributed by atoms with Gasteiger partial charge in [-0.3, -0.25) is 0 Å². The fraction of sp³-hybridized carbons (Fsp3) is 0.775. The van der Waals surface area contributed by atoms with E-state index >= 15 is 0 Å². The normalized spacial score (nSPS) is 35.0. The summed E-state index contributed by atoms with van der Waals surface area (Å²) in [7, 11) is 0. The van der Waals surface area contributed by atoms with E-state index < -0.39 is 0 Å². The van der Waals surface area contributed by atoms with Crippen LogP contribution in [0.3, 0.4) is 0 Å². The van der Waals surface area contributed by atoms with E-state index in [4.69, 9.17) is 10.5 Å². The molecule has 0 spiro atoms. The Bertz CT molecular complexity index is 1150. The molecule has 3 N–H and O–H groups in total. The molecule has 0 saturated heterocycles. The molecule has 3 saturated carbocycles. The number of nitrogen functional groups attached to an aromatic ring is 1. The van der Waals surface area contributed by atoms with Crippen LogP contribution >= 0.6 is 0 Å². The second-order valence-electron chi connectivity index (χ2n) is 16.2. The van der Waals surface area contributed by atoms with E-state index in [-0.39, 0.29) is 18.2 Å². The number of unbranched alkanes of at least 4 members (excludes halogenated alkanes) is 3. The van der Waals surface area contributed by atoms with Crippen molar-refractivity contribution in [2.75, 3.05) is 5.73 Å². The number of ether oxygens (including phenoxy) is 1. The number of aliphatic hydroxyl groups excluding tert-OH is 1. The monoisotopic (exact) mass is 605 g/mol. The number of carbonyl (C=O) groups is 1. The molecule has 5 rings (SSSR count). The molecule has 44 heavy (non-hydrogen) atoms. The Morgan fingerprint density at radius 1 is 0.977 bits per heavy atom. The van der Waals surface area contributed by atoms with E-state index in [1.165, 1.54) is 70.6 Å². The van der Waals surface area contributed by atoms with Gasteiger partial charge in [-0.25, -0.2) is 4.79 Å². The number of hydrogen-bond donors (Lipinski definition) is 2. The van der Waals surface area contributed by atoms with Crippen LogP contribution in [-0.2, 0) is 4.74 Å². The fourth-order valence-electron chi connectivity index (χ4n) is 10.9. The van der Waals surface area contributed by atoms with Crippen molar-refractivity contribution in [3.05, 3.63) is 41.5 Å². The second-order valence-corrected chi connectivity index (χ2v) is 16.2. The lowest BCUT2D eigenvalue weighted by Gasteiger charge is -2.58. The summed E-state index contributed by atoms with van der Waals surface area (Å²) in [5, 5.41) is 10.4. The minimum Gasteiger partial charge on any atom is -0.458 e. The maximum atomic E-state index is 13.1. The molecule has 0 radical (unpaired) electrons. The number of rotatable bonds is 13. The van der Waals surface area contributed by atoms with Gasteiger partial charge in [0, 0.05) is 5.69 Å². The van der Waals surface area contributed by atoms with Crippen molar-refractivity contribution in [3.8, 4) is 0 Å². The Morgan fingerprint density at radius 2 is 1.77 bits per heavy atom. The summed E-state index contributed by atoms with van der Waals surface area (Å²) < 4.78 is 6.17. The van der Waals surface area contributed by atoms with Crippen LogP contribution < -0.4 is 5.73 Å². The molecule has 0 amide bonds. The van der Waals surface area contributed by atoms with Gasteiger partial charge in [0.15, 0.2) is 0 Å². The molecule has 4 nitrogen and oxygen atoms in total. The van der Waals surface area contributed by atoms with E-state index in [1.54, 1.807) is 17.7 Å². The Hall–Kier alpha value is -1.81. The van der Waals surface area contributed by atoms with Crippen LogP contribution in [0.25, 0.3) is 0 Å². The summed E-state index contributed by atoms with van der Waals surface area (Å²) in [4.78, 5) is 13.1. The van der Waals surface area contributed by atoms with Crippen LogP contribution in [0.15, 0.2) is 35.9 Å². The standard InChI is InChI=1S/C40H63NO3/c1-6-7-8-9-17-37(44-38(43)32-15-10-11-16-36(32)41)28(3)14-12-13-27(2)33-20-21-34-31-19-18-29-26-30(42)22-24-39(29,4)35(31)23-25-40(33,34)5/h10-11,15-16,18,27-28,30-31,33-35,37,42H,6-9,12-14,17,19-26,41H2,1-5H3/t27-,28?,30+,31+,33-,34+,35+,37?,39+,40-/m1/s1. The van der Waals surface area contributed by atoms with E-state index in [2.05, 4.69) is 40.7 Å². The molecule has 0 aliphatic heterocycles. The van der Waals surface area contributed by atoms with Gasteiger partial charge in [-0.1, -0.05) is 90.5 Å². The molecule has 4 aliphatic rings. The Balaban J connectivity index is 1.17. The predicted octanol–water partition coefficient (Wildman–Crippen LogP) is 10.1. The first-order valence-corrected chi connectivity index (χ1v) is 18.5. The lowest BCUT2D eigenvalue weighted by Crippen LogP contribution is -2.50. The Labute approximate surface area is 269 Å². The van der Waals surface area contributed by atoms with Crippen molar-refractivity contribution >= 4 is 11.7 Å². The number of aliphatic hydroxyl groups is 1. The average molecular weight is 606 g/mol. The van der Waals surface area contributed by atoms with Crippen molar-refractivity contribution in [1.29, 1.82) is 0 Å². The molecular formula is C40H63NO3. The van der Waals surface area contributed by atoms with E-state index in [1.807, 2.05) is 12.1 Å². The Morgan fingerprint density at radius 3 is 2.55 bits per heavy atom. The third kappa shape index (κ3) is 6.81. The lowest BCUT2D eigenvalue weighted by atomic mass is 9.47. The van der Waals surface area contributed by atoms with Gasteiger partial charge in [-0.05, 0) is 129 Å². The van der Waals surface area contributed by atoms with E-state index in [0.29, 0.717) is 28.0 Å². The first-order chi connectivity index (χ1) is 21.1. The molecule has 1 aromatic rings. The number of fused-ring (bicyclic) bond motifs is 5. The fourth-order valence-corrected chi connectivity index (χ4v) is 10.9. The highest BCUT2D eigenvalue weighted by atomic mass is 16.5. The maximum Gasteiger partial charge on any atom is 0.340 e. The molecule has 10 atom stereocenters. The minimum atomic E-state index is -0.271. The molecule has 4 aliphatic carbocycles. The molecule has 4 heteroatoms. The largest absolute Gasteiger partial charge is 0.458 e. The number of esters is 1. The third-order valence-corrected chi connectivity index (χ3v) is 13.6. The van der Waals surface area contributed by atoms with Gasteiger partial charge in [0.25, 0.3) is 0 Å². The van der Waals surface area contributed by atoms with E-state index in [0.717, 1.165) is 61.7 Å². The van der Waals surface area contributed by atoms with Crippen LogP contribution in [0.4, 0.5) is 5.69 Å². The summed E-state index contributed by atoms with van der Waals surface area (Å²) in [6.45, 7) is 12.3. The molecule has 0 heterocycles. The molecule has 2 unspecified atom stereocenters. The zero-order valence-electron chi connectivity index (χ0n) is 28.7. The smallest absolute Gasteiger partial charge is 0.340 e. The zero-order valence-corrected chi connectivity index (χ0v) is 28.7.